The first kappa shape index (κ1) is 14.7. The number of rotatable bonds is 6. The minimum absolute atomic E-state index is 0.0265. The highest BCUT2D eigenvalue weighted by Gasteiger charge is 2.29. The Bertz CT molecular complexity index is 617. The average Bonchev–Trinajstić information content (AvgIpc) is 3.10. The van der Waals surface area contributed by atoms with Gasteiger partial charge >= 0.3 is 0 Å². The molecule has 0 aliphatic carbocycles. The van der Waals surface area contributed by atoms with E-state index in [1.54, 1.807) is 32.7 Å². The Hall–Kier alpha value is -2.19. The molecule has 1 aliphatic heterocycles. The van der Waals surface area contributed by atoms with Crippen molar-refractivity contribution < 1.29 is 18.5 Å². The van der Waals surface area contributed by atoms with Crippen LogP contribution in [-0.4, -0.2) is 65.7 Å². The molecule has 0 radical (unpaired) electrons. The molecule has 2 aromatic rings. The second-order valence-corrected chi connectivity index (χ2v) is 5.44. The van der Waals surface area contributed by atoms with Crippen LogP contribution in [0.4, 0.5) is 0 Å². The number of hydrogen-bond acceptors (Lipinski definition) is 7. The van der Waals surface area contributed by atoms with Crippen molar-refractivity contribution in [2.75, 3.05) is 33.8 Å². The van der Waals surface area contributed by atoms with Gasteiger partial charge in [0, 0.05) is 27.2 Å². The Labute approximate surface area is 127 Å². The second kappa shape index (κ2) is 6.29. The average molecular weight is 306 g/mol. The van der Waals surface area contributed by atoms with E-state index in [4.69, 9.17) is 13.7 Å². The predicted octanol–water partition coefficient (Wildman–Crippen LogP) is 0.619. The van der Waals surface area contributed by atoms with Crippen molar-refractivity contribution in [2.24, 2.45) is 0 Å². The molecule has 0 spiro atoms. The molecule has 0 unspecified atom stereocenters. The standard InChI is InChI=1S/C14H18N4O4/c1-17(2)13(19)9-21-11-5-18(6-11)7-12-15-14(22-16-12)10-3-4-20-8-10/h3-4,8,11H,5-7,9H2,1-2H3. The van der Waals surface area contributed by atoms with Crippen LogP contribution in [0, 0.1) is 0 Å². The van der Waals surface area contributed by atoms with Gasteiger partial charge in [-0.2, -0.15) is 4.98 Å². The van der Waals surface area contributed by atoms with Gasteiger partial charge < -0.3 is 18.6 Å². The normalized spacial score (nSPS) is 15.7. The molecular weight excluding hydrogens is 288 g/mol. The number of furan rings is 1. The number of nitrogens with zero attached hydrogens (tertiary/aromatic N) is 4. The summed E-state index contributed by atoms with van der Waals surface area (Å²) in [5.74, 6) is 1.05. The molecule has 3 heterocycles. The molecule has 0 aromatic carbocycles. The molecule has 1 saturated heterocycles. The van der Waals surface area contributed by atoms with E-state index in [2.05, 4.69) is 15.0 Å². The number of aromatic nitrogens is 2. The molecule has 118 valence electrons. The van der Waals surface area contributed by atoms with Crippen molar-refractivity contribution in [3.8, 4) is 11.5 Å². The maximum Gasteiger partial charge on any atom is 0.261 e. The van der Waals surface area contributed by atoms with Gasteiger partial charge in [-0.1, -0.05) is 5.16 Å². The smallest absolute Gasteiger partial charge is 0.261 e. The molecular formula is C14H18N4O4. The predicted molar refractivity (Wildman–Crippen MR) is 75.7 cm³/mol. The first-order valence-electron chi connectivity index (χ1n) is 7.01. The Morgan fingerprint density at radius 3 is 3.00 bits per heavy atom. The third-order valence-corrected chi connectivity index (χ3v) is 3.47. The quantitative estimate of drug-likeness (QED) is 0.773. The van der Waals surface area contributed by atoms with Crippen molar-refractivity contribution in [3.63, 3.8) is 0 Å². The number of carbonyl (C=O) groups is 1. The van der Waals surface area contributed by atoms with Crippen LogP contribution in [0.25, 0.3) is 11.5 Å². The largest absolute Gasteiger partial charge is 0.472 e. The summed E-state index contributed by atoms with van der Waals surface area (Å²) in [6, 6.07) is 1.77. The lowest BCUT2D eigenvalue weighted by Gasteiger charge is -2.38. The number of amides is 1. The van der Waals surface area contributed by atoms with Crippen molar-refractivity contribution in [2.45, 2.75) is 12.6 Å². The van der Waals surface area contributed by atoms with Gasteiger partial charge in [0.2, 0.25) is 5.91 Å². The van der Waals surface area contributed by atoms with E-state index in [1.807, 2.05) is 0 Å². The van der Waals surface area contributed by atoms with Crippen molar-refractivity contribution in [1.29, 1.82) is 0 Å². The van der Waals surface area contributed by atoms with Gasteiger partial charge in [0.1, 0.15) is 12.9 Å². The van der Waals surface area contributed by atoms with Crippen LogP contribution in [0.2, 0.25) is 0 Å². The van der Waals surface area contributed by atoms with Gasteiger partial charge in [0.25, 0.3) is 5.89 Å². The summed E-state index contributed by atoms with van der Waals surface area (Å²) in [6.07, 6.45) is 3.21. The molecule has 0 atom stereocenters. The first-order valence-corrected chi connectivity index (χ1v) is 7.01. The van der Waals surface area contributed by atoms with Crippen LogP contribution in [0.3, 0.4) is 0 Å². The van der Waals surface area contributed by atoms with E-state index in [1.165, 1.54) is 4.90 Å². The summed E-state index contributed by atoms with van der Waals surface area (Å²) in [7, 11) is 3.43. The SMILES string of the molecule is CN(C)C(=O)COC1CN(Cc2noc(-c3ccoc3)n2)C1. The first-order chi connectivity index (χ1) is 10.6. The number of likely N-dealkylation sites (tertiary alicyclic amines) is 1. The van der Waals surface area contributed by atoms with Crippen LogP contribution >= 0.6 is 0 Å². The Morgan fingerprint density at radius 2 is 2.32 bits per heavy atom. The van der Waals surface area contributed by atoms with Gasteiger partial charge in [-0.3, -0.25) is 9.69 Å². The van der Waals surface area contributed by atoms with Gasteiger partial charge in [0.05, 0.1) is 24.5 Å². The molecule has 1 amide bonds. The van der Waals surface area contributed by atoms with E-state index in [-0.39, 0.29) is 18.6 Å². The maximum absolute atomic E-state index is 11.4. The molecule has 0 saturated carbocycles. The zero-order valence-electron chi connectivity index (χ0n) is 12.6. The van der Waals surface area contributed by atoms with E-state index >= 15 is 0 Å². The van der Waals surface area contributed by atoms with E-state index in [0.29, 0.717) is 18.3 Å². The number of hydrogen-bond donors (Lipinski definition) is 0. The molecule has 8 nitrogen and oxygen atoms in total. The van der Waals surface area contributed by atoms with Crippen molar-refractivity contribution in [1.82, 2.24) is 19.9 Å². The number of ether oxygens (including phenoxy) is 1. The van der Waals surface area contributed by atoms with E-state index in [0.717, 1.165) is 18.7 Å². The topological polar surface area (TPSA) is 84.8 Å². The molecule has 8 heteroatoms. The van der Waals surface area contributed by atoms with Crippen molar-refractivity contribution >= 4 is 5.91 Å². The summed E-state index contributed by atoms with van der Waals surface area (Å²) in [5.41, 5.74) is 0.769. The Balaban J connectivity index is 1.42. The summed E-state index contributed by atoms with van der Waals surface area (Å²) in [4.78, 5) is 19.4. The molecule has 3 rings (SSSR count). The van der Waals surface area contributed by atoms with Crippen LogP contribution in [0.5, 0.6) is 0 Å². The van der Waals surface area contributed by atoms with Gasteiger partial charge in [0.15, 0.2) is 5.82 Å². The van der Waals surface area contributed by atoms with Crippen LogP contribution in [0.1, 0.15) is 5.82 Å². The lowest BCUT2D eigenvalue weighted by atomic mass is 10.1. The molecule has 1 aliphatic rings. The number of carbonyl (C=O) groups excluding carboxylic acids is 1. The second-order valence-electron chi connectivity index (χ2n) is 5.44. The third kappa shape index (κ3) is 3.34. The summed E-state index contributed by atoms with van der Waals surface area (Å²) < 4.78 is 15.7. The zero-order valence-corrected chi connectivity index (χ0v) is 12.6. The lowest BCUT2D eigenvalue weighted by Crippen LogP contribution is -2.52. The molecule has 2 aromatic heterocycles. The van der Waals surface area contributed by atoms with Crippen molar-refractivity contribution in [3.05, 3.63) is 24.4 Å². The minimum atomic E-state index is -0.0265. The fourth-order valence-corrected chi connectivity index (χ4v) is 2.10. The van der Waals surface area contributed by atoms with Crippen LogP contribution in [-0.2, 0) is 16.1 Å². The molecule has 0 N–H and O–H groups in total. The molecule has 1 fully saturated rings. The van der Waals surface area contributed by atoms with Crippen LogP contribution in [0.15, 0.2) is 27.5 Å². The Kier molecular flexibility index (Phi) is 4.21. The Morgan fingerprint density at radius 1 is 1.50 bits per heavy atom. The van der Waals surface area contributed by atoms with Crippen LogP contribution < -0.4 is 0 Å². The highest BCUT2D eigenvalue weighted by Crippen LogP contribution is 2.19. The maximum atomic E-state index is 11.4. The summed E-state index contributed by atoms with van der Waals surface area (Å²) >= 11 is 0. The monoisotopic (exact) mass is 306 g/mol. The van der Waals surface area contributed by atoms with E-state index in [9.17, 15) is 4.79 Å². The van der Waals surface area contributed by atoms with Gasteiger partial charge in [-0.05, 0) is 6.07 Å². The highest BCUT2D eigenvalue weighted by molar-refractivity contribution is 5.76. The highest BCUT2D eigenvalue weighted by atomic mass is 16.5. The van der Waals surface area contributed by atoms with Gasteiger partial charge in [-0.15, -0.1) is 0 Å². The van der Waals surface area contributed by atoms with Gasteiger partial charge in [-0.25, -0.2) is 0 Å². The number of likely N-dealkylation sites (N-methyl/N-ethyl adjacent to an activating group) is 1. The summed E-state index contributed by atoms with van der Waals surface area (Å²) in [5, 5.41) is 3.95. The van der Waals surface area contributed by atoms with E-state index < -0.39 is 0 Å². The lowest BCUT2D eigenvalue weighted by molar-refractivity contribution is -0.140. The third-order valence-electron chi connectivity index (χ3n) is 3.47. The fourth-order valence-electron chi connectivity index (χ4n) is 2.10. The minimum Gasteiger partial charge on any atom is -0.472 e. The molecule has 0 bridgehead atoms. The fraction of sp³-hybridized carbons (Fsp3) is 0.500. The molecule has 22 heavy (non-hydrogen) atoms. The zero-order chi connectivity index (χ0) is 15.5. The summed E-state index contributed by atoms with van der Waals surface area (Å²) in [6.45, 7) is 2.24.